The minimum Gasteiger partial charge on any atom is -0.273 e. The summed E-state index contributed by atoms with van der Waals surface area (Å²) in [7, 11) is 0. The van der Waals surface area contributed by atoms with E-state index in [0.717, 1.165) is 4.68 Å². The fourth-order valence-electron chi connectivity index (χ4n) is 2.92. The van der Waals surface area contributed by atoms with E-state index >= 15 is 0 Å². The summed E-state index contributed by atoms with van der Waals surface area (Å²) in [6, 6.07) is 8.19. The molecule has 9 heteroatoms. The Bertz CT molecular complexity index is 1180. The van der Waals surface area contributed by atoms with Crippen LogP contribution >= 0.6 is 11.6 Å². The lowest BCUT2D eigenvalue weighted by Gasteiger charge is -2.10. The van der Waals surface area contributed by atoms with Crippen molar-refractivity contribution in [1.29, 1.82) is 0 Å². The zero-order chi connectivity index (χ0) is 18.5. The van der Waals surface area contributed by atoms with Gasteiger partial charge in [-0.25, -0.2) is 0 Å². The second kappa shape index (κ2) is 5.84. The molecule has 3 heterocycles. The molecule has 132 valence electrons. The first-order valence-corrected chi connectivity index (χ1v) is 7.90. The van der Waals surface area contributed by atoms with Crippen molar-refractivity contribution in [2.45, 2.75) is 12.7 Å². The summed E-state index contributed by atoms with van der Waals surface area (Å²) >= 11 is 6.07. The summed E-state index contributed by atoms with van der Waals surface area (Å²) in [6.45, 7) is -1.27. The second-order valence-corrected chi connectivity index (χ2v) is 6.15. The zero-order valence-electron chi connectivity index (χ0n) is 13.0. The van der Waals surface area contributed by atoms with Crippen LogP contribution < -0.4 is 5.56 Å². The van der Waals surface area contributed by atoms with E-state index in [1.165, 1.54) is 17.0 Å². The minimum absolute atomic E-state index is 0.0482. The van der Waals surface area contributed by atoms with Crippen molar-refractivity contribution in [3.63, 3.8) is 0 Å². The molecule has 5 nitrogen and oxygen atoms in total. The highest BCUT2D eigenvalue weighted by atomic mass is 35.5. The monoisotopic (exact) mass is 378 g/mol. The Balaban J connectivity index is 2.11. The predicted molar refractivity (Wildman–Crippen MR) is 91.7 cm³/mol. The van der Waals surface area contributed by atoms with Crippen LogP contribution in [0.4, 0.5) is 13.2 Å². The van der Waals surface area contributed by atoms with Gasteiger partial charge in [0.2, 0.25) is 0 Å². The van der Waals surface area contributed by atoms with Crippen molar-refractivity contribution in [2.75, 3.05) is 0 Å². The van der Waals surface area contributed by atoms with Gasteiger partial charge in [-0.15, -0.1) is 0 Å². The SMILES string of the molecule is O=c1c2nn(CC(F)(F)F)cc2c2ccc(Cl)cc2n1-c1cccnc1. The van der Waals surface area contributed by atoms with Crippen LogP contribution in [0.25, 0.3) is 27.5 Å². The van der Waals surface area contributed by atoms with Crippen LogP contribution in [0.15, 0.2) is 53.7 Å². The number of pyridine rings is 2. The van der Waals surface area contributed by atoms with E-state index < -0.39 is 18.3 Å². The van der Waals surface area contributed by atoms with Gasteiger partial charge in [0.05, 0.1) is 17.4 Å². The number of hydrogen-bond donors (Lipinski definition) is 0. The largest absolute Gasteiger partial charge is 0.408 e. The number of hydrogen-bond acceptors (Lipinski definition) is 3. The molecule has 0 aliphatic carbocycles. The van der Waals surface area contributed by atoms with Crippen LogP contribution in [0.1, 0.15) is 0 Å². The second-order valence-electron chi connectivity index (χ2n) is 5.72. The van der Waals surface area contributed by atoms with Gasteiger partial charge in [0.15, 0.2) is 5.52 Å². The molecule has 1 aromatic carbocycles. The molecule has 0 N–H and O–H groups in total. The number of halogens is 4. The summed E-state index contributed by atoms with van der Waals surface area (Å²) in [5.74, 6) is 0. The van der Waals surface area contributed by atoms with Crippen LogP contribution in [0.3, 0.4) is 0 Å². The van der Waals surface area contributed by atoms with E-state index in [0.29, 0.717) is 27.0 Å². The molecule has 0 spiro atoms. The van der Waals surface area contributed by atoms with Crippen LogP contribution in [-0.2, 0) is 6.54 Å². The van der Waals surface area contributed by atoms with Gasteiger partial charge >= 0.3 is 6.18 Å². The summed E-state index contributed by atoms with van der Waals surface area (Å²) in [4.78, 5) is 17.0. The Morgan fingerprint density at radius 3 is 2.65 bits per heavy atom. The highest BCUT2D eigenvalue weighted by Crippen LogP contribution is 2.27. The maximum Gasteiger partial charge on any atom is 0.408 e. The summed E-state index contributed by atoms with van der Waals surface area (Å²) in [5.41, 5.74) is 0.350. The molecule has 0 bridgehead atoms. The Kier molecular flexibility index (Phi) is 3.73. The molecule has 0 aliphatic heterocycles. The number of rotatable bonds is 2. The van der Waals surface area contributed by atoms with E-state index in [9.17, 15) is 18.0 Å². The smallest absolute Gasteiger partial charge is 0.273 e. The summed E-state index contributed by atoms with van der Waals surface area (Å²) in [6.07, 6.45) is -0.169. The van der Waals surface area contributed by atoms with E-state index in [1.54, 1.807) is 36.5 Å². The number of alkyl halides is 3. The lowest BCUT2D eigenvalue weighted by atomic mass is 10.1. The molecular formula is C17H10ClF3N4O. The molecular weight excluding hydrogens is 369 g/mol. The molecule has 0 amide bonds. The molecule has 0 saturated heterocycles. The highest BCUT2D eigenvalue weighted by molar-refractivity contribution is 6.31. The standard InChI is InChI=1S/C17H10ClF3N4O/c18-10-3-4-12-13-8-24(9-17(19,20)21)23-15(13)16(26)25(14(12)6-10)11-2-1-5-22-7-11/h1-8H,9H2. The molecule has 0 fully saturated rings. The van der Waals surface area contributed by atoms with Crippen molar-refractivity contribution >= 4 is 33.4 Å². The third kappa shape index (κ3) is 2.82. The van der Waals surface area contributed by atoms with Crippen LogP contribution in [-0.4, -0.2) is 25.5 Å². The van der Waals surface area contributed by atoms with Gasteiger partial charge in [-0.05, 0) is 24.3 Å². The van der Waals surface area contributed by atoms with Crippen LogP contribution in [0.2, 0.25) is 5.02 Å². The molecule has 0 unspecified atom stereocenters. The molecule has 4 aromatic rings. The maximum absolute atomic E-state index is 13.0. The Morgan fingerprint density at radius 1 is 1.15 bits per heavy atom. The van der Waals surface area contributed by atoms with Crippen molar-refractivity contribution in [3.05, 3.63) is 64.3 Å². The molecule has 3 aromatic heterocycles. The van der Waals surface area contributed by atoms with Crippen molar-refractivity contribution in [3.8, 4) is 5.69 Å². The number of benzene rings is 1. The third-order valence-corrected chi connectivity index (χ3v) is 4.14. The topological polar surface area (TPSA) is 52.7 Å². The molecule has 4 rings (SSSR count). The average Bonchev–Trinajstić information content (AvgIpc) is 2.98. The quantitative estimate of drug-likeness (QED) is 0.530. The van der Waals surface area contributed by atoms with Gasteiger partial charge in [-0.1, -0.05) is 17.7 Å². The van der Waals surface area contributed by atoms with Crippen molar-refractivity contribution < 1.29 is 13.2 Å². The average molecular weight is 379 g/mol. The van der Waals surface area contributed by atoms with E-state index in [2.05, 4.69) is 10.1 Å². The fraction of sp³-hybridized carbons (Fsp3) is 0.118. The Labute approximate surface area is 149 Å². The van der Waals surface area contributed by atoms with Crippen LogP contribution in [0.5, 0.6) is 0 Å². The van der Waals surface area contributed by atoms with Gasteiger partial charge < -0.3 is 0 Å². The third-order valence-electron chi connectivity index (χ3n) is 3.90. The van der Waals surface area contributed by atoms with Gasteiger partial charge in [0.25, 0.3) is 5.56 Å². The normalized spacial score (nSPS) is 12.2. The Morgan fingerprint density at radius 2 is 1.96 bits per heavy atom. The zero-order valence-corrected chi connectivity index (χ0v) is 13.8. The molecule has 0 radical (unpaired) electrons. The van der Waals surface area contributed by atoms with E-state index in [-0.39, 0.29) is 5.52 Å². The maximum atomic E-state index is 13.0. The molecule has 26 heavy (non-hydrogen) atoms. The molecule has 0 saturated carbocycles. The first kappa shape index (κ1) is 16.6. The summed E-state index contributed by atoms with van der Waals surface area (Å²) < 4.78 is 40.2. The highest BCUT2D eigenvalue weighted by Gasteiger charge is 2.29. The van der Waals surface area contributed by atoms with Gasteiger partial charge in [-0.3, -0.25) is 19.0 Å². The first-order valence-electron chi connectivity index (χ1n) is 7.52. The van der Waals surface area contributed by atoms with Gasteiger partial charge in [0.1, 0.15) is 6.54 Å². The van der Waals surface area contributed by atoms with Gasteiger partial charge in [-0.2, -0.15) is 18.3 Å². The lowest BCUT2D eigenvalue weighted by molar-refractivity contribution is -0.142. The summed E-state index contributed by atoms with van der Waals surface area (Å²) in [5, 5.41) is 5.18. The number of fused-ring (bicyclic) bond motifs is 3. The minimum atomic E-state index is -4.44. The van der Waals surface area contributed by atoms with Crippen molar-refractivity contribution in [2.24, 2.45) is 0 Å². The Hall–Kier alpha value is -2.87. The van der Waals surface area contributed by atoms with Crippen LogP contribution in [0, 0.1) is 0 Å². The predicted octanol–water partition coefficient (Wildman–Crippen LogP) is 3.95. The van der Waals surface area contributed by atoms with Crippen molar-refractivity contribution in [1.82, 2.24) is 19.3 Å². The molecule has 0 atom stereocenters. The number of aromatic nitrogens is 4. The molecule has 0 aliphatic rings. The van der Waals surface area contributed by atoms with E-state index in [1.807, 2.05) is 0 Å². The first-order chi connectivity index (χ1) is 12.3. The van der Waals surface area contributed by atoms with Gasteiger partial charge in [0, 0.05) is 28.2 Å². The number of nitrogens with zero attached hydrogens (tertiary/aromatic N) is 4. The lowest BCUT2D eigenvalue weighted by Crippen LogP contribution is -2.20. The fourth-order valence-corrected chi connectivity index (χ4v) is 3.08. The van der Waals surface area contributed by atoms with E-state index in [4.69, 9.17) is 11.6 Å².